The van der Waals surface area contributed by atoms with Gasteiger partial charge in [0, 0.05) is 12.6 Å². The Labute approximate surface area is 233 Å². The van der Waals surface area contributed by atoms with Gasteiger partial charge in [-0.15, -0.1) is 0 Å². The van der Waals surface area contributed by atoms with Crippen molar-refractivity contribution < 1.29 is 29.4 Å². The molecule has 5 aliphatic rings. The van der Waals surface area contributed by atoms with Crippen LogP contribution in [0.15, 0.2) is 16.8 Å². The van der Waals surface area contributed by atoms with E-state index in [0.29, 0.717) is 30.8 Å². The van der Waals surface area contributed by atoms with Gasteiger partial charge in [-0.2, -0.15) is 0 Å². The summed E-state index contributed by atoms with van der Waals surface area (Å²) < 4.78 is 5.77. The SMILES string of the molecule is CC1(C)C[C@@H]([C@H](CC(=O)O)NC(=O)CO/N=C2/C=C3CC[C@@H]4[C@H]5CC[C@@H](O)[C@@]5(C)CC[C@@H]4[C@@]3(C)CC2)CCO1. The van der Waals surface area contributed by atoms with E-state index in [2.05, 4.69) is 30.4 Å². The van der Waals surface area contributed by atoms with E-state index in [1.54, 1.807) is 0 Å². The molecule has 0 unspecified atom stereocenters. The average Bonchev–Trinajstić information content (AvgIpc) is 3.17. The largest absolute Gasteiger partial charge is 0.481 e. The van der Waals surface area contributed by atoms with Gasteiger partial charge < -0.3 is 25.1 Å². The lowest BCUT2D eigenvalue weighted by Gasteiger charge is -2.57. The zero-order valence-corrected chi connectivity index (χ0v) is 24.2. The van der Waals surface area contributed by atoms with Gasteiger partial charge in [-0.1, -0.05) is 24.6 Å². The third-order valence-electron chi connectivity index (χ3n) is 11.3. The molecule has 5 rings (SSSR count). The Morgan fingerprint density at radius 3 is 2.64 bits per heavy atom. The first-order valence-electron chi connectivity index (χ1n) is 15.1. The molecule has 0 spiro atoms. The standard InChI is InChI=1S/C31H48N2O6/c1-29(2)17-19(11-14-38-29)25(16-28(36)37)32-27(35)18-39-33-21-9-12-30(3)20(15-21)5-6-22-23-7-8-26(34)31(23,4)13-10-24(22)30/h15,19,22-26,34H,5-14,16-18H2,1-4H3,(H,32,35)(H,36,37)/b33-21+/t19-,22+,23+,24-,25-,26+,30-,31-/m0/s1. The molecule has 8 nitrogen and oxygen atoms in total. The number of aliphatic carboxylic acids is 1. The molecule has 218 valence electrons. The van der Waals surface area contributed by atoms with Gasteiger partial charge in [0.1, 0.15) is 0 Å². The number of fused-ring (bicyclic) bond motifs is 5. The summed E-state index contributed by atoms with van der Waals surface area (Å²) in [6, 6.07) is -0.458. The number of aliphatic hydroxyl groups is 1. The fourth-order valence-corrected chi connectivity index (χ4v) is 9.18. The number of allylic oxidation sites excluding steroid dienone is 2. The van der Waals surface area contributed by atoms with Gasteiger partial charge in [-0.05, 0) is 119 Å². The summed E-state index contributed by atoms with van der Waals surface area (Å²) in [5.41, 5.74) is 2.30. The molecule has 3 saturated carbocycles. The molecule has 0 aromatic rings. The van der Waals surface area contributed by atoms with Crippen LogP contribution in [0.2, 0.25) is 0 Å². The molecule has 0 aromatic heterocycles. The third-order valence-corrected chi connectivity index (χ3v) is 11.3. The van der Waals surface area contributed by atoms with Crippen LogP contribution in [0, 0.1) is 34.5 Å². The minimum Gasteiger partial charge on any atom is -0.481 e. The Bertz CT molecular complexity index is 1020. The maximum Gasteiger partial charge on any atom is 0.305 e. The van der Waals surface area contributed by atoms with Crippen molar-refractivity contribution in [1.82, 2.24) is 5.32 Å². The van der Waals surface area contributed by atoms with Gasteiger partial charge in [0.25, 0.3) is 5.91 Å². The molecule has 8 heteroatoms. The van der Waals surface area contributed by atoms with Crippen LogP contribution in [0.4, 0.5) is 0 Å². The van der Waals surface area contributed by atoms with E-state index in [1.807, 2.05) is 13.8 Å². The van der Waals surface area contributed by atoms with E-state index in [1.165, 1.54) is 18.4 Å². The van der Waals surface area contributed by atoms with Crippen LogP contribution in [-0.2, 0) is 19.2 Å². The smallest absolute Gasteiger partial charge is 0.305 e. The molecule has 4 aliphatic carbocycles. The third kappa shape index (κ3) is 5.65. The number of rotatable bonds is 7. The minimum atomic E-state index is -0.927. The van der Waals surface area contributed by atoms with Crippen LogP contribution in [0.3, 0.4) is 0 Å². The lowest BCUT2D eigenvalue weighted by molar-refractivity contribution is -0.139. The number of carbonyl (C=O) groups is 2. The number of carboxylic acids is 1. The number of carbonyl (C=O) groups excluding carboxylic acids is 1. The number of nitrogens with zero attached hydrogens (tertiary/aromatic N) is 1. The van der Waals surface area contributed by atoms with Crippen molar-refractivity contribution in [2.75, 3.05) is 13.2 Å². The van der Waals surface area contributed by atoms with Crippen LogP contribution < -0.4 is 5.32 Å². The van der Waals surface area contributed by atoms with Gasteiger partial charge >= 0.3 is 5.97 Å². The summed E-state index contributed by atoms with van der Waals surface area (Å²) in [5, 5.41) is 27.3. The van der Waals surface area contributed by atoms with Crippen molar-refractivity contribution >= 4 is 17.6 Å². The molecule has 0 radical (unpaired) electrons. The highest BCUT2D eigenvalue weighted by molar-refractivity contribution is 5.96. The lowest BCUT2D eigenvalue weighted by atomic mass is 9.47. The quantitative estimate of drug-likeness (QED) is 0.395. The second kappa shape index (κ2) is 10.8. The van der Waals surface area contributed by atoms with Crippen molar-refractivity contribution in [2.24, 2.45) is 39.7 Å². The van der Waals surface area contributed by atoms with Crippen LogP contribution >= 0.6 is 0 Å². The molecule has 0 aromatic carbocycles. The Hall–Kier alpha value is -1.93. The minimum absolute atomic E-state index is 0.0427. The van der Waals surface area contributed by atoms with Crippen LogP contribution in [0.5, 0.6) is 0 Å². The molecule has 1 aliphatic heterocycles. The van der Waals surface area contributed by atoms with Crippen LogP contribution in [0.25, 0.3) is 0 Å². The first-order chi connectivity index (χ1) is 18.4. The summed E-state index contributed by atoms with van der Waals surface area (Å²) in [5.74, 6) is 0.772. The summed E-state index contributed by atoms with van der Waals surface area (Å²) in [6.45, 7) is 9.10. The molecule has 4 fully saturated rings. The second-order valence-electron chi connectivity index (χ2n) is 14.1. The molecule has 0 bridgehead atoms. The highest BCUT2D eigenvalue weighted by atomic mass is 16.6. The van der Waals surface area contributed by atoms with E-state index in [4.69, 9.17) is 9.57 Å². The van der Waals surface area contributed by atoms with Crippen molar-refractivity contribution in [3.8, 4) is 0 Å². The number of nitrogens with one attached hydrogen (secondary N) is 1. The van der Waals surface area contributed by atoms with Gasteiger partial charge in [-0.25, -0.2) is 0 Å². The highest BCUT2D eigenvalue weighted by Crippen LogP contribution is 2.65. The van der Waals surface area contributed by atoms with E-state index in [9.17, 15) is 19.8 Å². The molecule has 1 saturated heterocycles. The molecule has 1 amide bonds. The van der Waals surface area contributed by atoms with Crippen molar-refractivity contribution in [3.63, 3.8) is 0 Å². The molecule has 39 heavy (non-hydrogen) atoms. The predicted octanol–water partition coefficient (Wildman–Crippen LogP) is 4.85. The maximum atomic E-state index is 12.7. The second-order valence-corrected chi connectivity index (χ2v) is 14.1. The highest BCUT2D eigenvalue weighted by Gasteiger charge is 2.58. The first kappa shape index (κ1) is 28.6. The van der Waals surface area contributed by atoms with Gasteiger partial charge in [0.05, 0.1) is 23.8 Å². The summed E-state index contributed by atoms with van der Waals surface area (Å²) >= 11 is 0. The summed E-state index contributed by atoms with van der Waals surface area (Å²) in [6.07, 6.45) is 11.9. The van der Waals surface area contributed by atoms with Crippen LogP contribution in [0.1, 0.15) is 98.3 Å². The van der Waals surface area contributed by atoms with E-state index < -0.39 is 12.0 Å². The zero-order chi connectivity index (χ0) is 28.0. The Balaban J connectivity index is 1.18. The molecular weight excluding hydrogens is 496 g/mol. The number of aliphatic hydroxyl groups excluding tert-OH is 1. The van der Waals surface area contributed by atoms with Gasteiger partial charge in [0.15, 0.2) is 6.61 Å². The molecular formula is C31H48N2O6. The predicted molar refractivity (Wildman–Crippen MR) is 148 cm³/mol. The van der Waals surface area contributed by atoms with E-state index >= 15 is 0 Å². The summed E-state index contributed by atoms with van der Waals surface area (Å²) in [4.78, 5) is 29.7. The molecule has 3 N–H and O–H groups in total. The number of carboxylic acid groups (broad SMARTS) is 1. The Morgan fingerprint density at radius 2 is 1.90 bits per heavy atom. The number of hydrogen-bond donors (Lipinski definition) is 3. The van der Waals surface area contributed by atoms with Crippen molar-refractivity contribution in [1.29, 1.82) is 0 Å². The van der Waals surface area contributed by atoms with Gasteiger partial charge in [0.2, 0.25) is 0 Å². The molecule has 1 heterocycles. The topological polar surface area (TPSA) is 117 Å². The zero-order valence-electron chi connectivity index (χ0n) is 24.2. The maximum absolute atomic E-state index is 12.7. The number of ether oxygens (including phenoxy) is 1. The van der Waals surface area contributed by atoms with E-state index in [0.717, 1.165) is 50.7 Å². The lowest BCUT2D eigenvalue weighted by Crippen LogP contribution is -2.51. The Morgan fingerprint density at radius 1 is 1.10 bits per heavy atom. The Kier molecular flexibility index (Phi) is 7.92. The monoisotopic (exact) mass is 544 g/mol. The fourth-order valence-electron chi connectivity index (χ4n) is 9.18. The van der Waals surface area contributed by atoms with Crippen molar-refractivity contribution in [3.05, 3.63) is 11.6 Å². The first-order valence-corrected chi connectivity index (χ1v) is 15.1. The molecule has 8 atom stereocenters. The fraction of sp³-hybridized carbons (Fsp3) is 0.839. The normalized spacial score (nSPS) is 41.0. The van der Waals surface area contributed by atoms with Crippen LogP contribution in [-0.4, -0.2) is 58.8 Å². The number of hydrogen-bond acceptors (Lipinski definition) is 6. The number of oxime groups is 1. The van der Waals surface area contributed by atoms with Crippen molar-refractivity contribution in [2.45, 2.75) is 116 Å². The van der Waals surface area contributed by atoms with Gasteiger partial charge in [-0.3, -0.25) is 9.59 Å². The average molecular weight is 545 g/mol. The summed E-state index contributed by atoms with van der Waals surface area (Å²) in [7, 11) is 0. The number of amides is 1. The van der Waals surface area contributed by atoms with E-state index in [-0.39, 0.29) is 47.4 Å².